The van der Waals surface area contributed by atoms with E-state index in [9.17, 15) is 29.0 Å². The van der Waals surface area contributed by atoms with Crippen molar-refractivity contribution in [1.82, 2.24) is 9.47 Å². The van der Waals surface area contributed by atoms with Gasteiger partial charge in [0, 0.05) is 42.1 Å². The van der Waals surface area contributed by atoms with Gasteiger partial charge in [0.05, 0.1) is 29.9 Å². The number of hydrogen-bond acceptors (Lipinski definition) is 5. The largest absolute Gasteiger partial charge is 0.481 e. The summed E-state index contributed by atoms with van der Waals surface area (Å²) in [6, 6.07) is 22.4. The second-order valence-electron chi connectivity index (χ2n) is 13.0. The van der Waals surface area contributed by atoms with Crippen LogP contribution in [0.5, 0.6) is 0 Å². The number of nitrogens with zero attached hydrogens (tertiary/aromatic N) is 2. The molecule has 4 aromatic rings. The number of piperidine rings is 1. The van der Waals surface area contributed by atoms with Crippen molar-refractivity contribution in [2.24, 2.45) is 0 Å². The number of amides is 2. The van der Waals surface area contributed by atoms with Crippen LogP contribution in [0.4, 0.5) is 10.1 Å². The van der Waals surface area contributed by atoms with Crippen LogP contribution in [0.3, 0.4) is 0 Å². The van der Waals surface area contributed by atoms with Crippen LogP contribution < -0.4 is 5.32 Å². The molecule has 1 fully saturated rings. The van der Waals surface area contributed by atoms with Crippen LogP contribution >= 0.6 is 0 Å². The molecular formula is C39H44FN3O6. The molecule has 3 aromatic carbocycles. The Labute approximate surface area is 286 Å². The molecule has 1 saturated heterocycles. The van der Waals surface area contributed by atoms with Crippen LogP contribution in [0.15, 0.2) is 78.9 Å². The van der Waals surface area contributed by atoms with Gasteiger partial charge in [0.25, 0.3) is 11.8 Å². The van der Waals surface area contributed by atoms with E-state index in [-0.39, 0.29) is 37.1 Å². The minimum atomic E-state index is -1.21. The number of halogens is 1. The summed E-state index contributed by atoms with van der Waals surface area (Å²) in [7, 11) is 0. The summed E-state index contributed by atoms with van der Waals surface area (Å²) in [5.74, 6) is -2.12. The Morgan fingerprint density at radius 2 is 1.49 bits per heavy atom. The monoisotopic (exact) mass is 669 g/mol. The van der Waals surface area contributed by atoms with Crippen molar-refractivity contribution in [3.8, 4) is 22.4 Å². The highest BCUT2D eigenvalue weighted by molar-refractivity contribution is 6.12. The zero-order valence-corrected chi connectivity index (χ0v) is 27.9. The lowest BCUT2D eigenvalue weighted by atomic mass is 9.94. The molecule has 10 heteroatoms. The van der Waals surface area contributed by atoms with Crippen molar-refractivity contribution in [3.05, 3.63) is 102 Å². The maximum absolute atomic E-state index is 14.4. The molecule has 4 N–H and O–H groups in total. The first-order chi connectivity index (χ1) is 23.5. The van der Waals surface area contributed by atoms with E-state index in [4.69, 9.17) is 5.11 Å². The Balaban J connectivity index is 1.56. The summed E-state index contributed by atoms with van der Waals surface area (Å²) in [4.78, 5) is 40.4. The number of aliphatic hydroxyl groups excluding tert-OH is 2. The minimum Gasteiger partial charge on any atom is -0.481 e. The number of aliphatic hydroxyl groups is 2. The molecule has 1 aliphatic rings. The summed E-state index contributed by atoms with van der Waals surface area (Å²) in [6.07, 6.45) is 0.461. The van der Waals surface area contributed by atoms with Crippen molar-refractivity contribution in [3.63, 3.8) is 0 Å². The lowest BCUT2D eigenvalue weighted by Crippen LogP contribution is -2.35. The van der Waals surface area contributed by atoms with E-state index in [0.29, 0.717) is 39.3 Å². The van der Waals surface area contributed by atoms with Gasteiger partial charge in [-0.15, -0.1) is 0 Å². The van der Waals surface area contributed by atoms with Crippen molar-refractivity contribution < 1.29 is 34.1 Å². The molecular weight excluding hydrogens is 625 g/mol. The Kier molecular flexibility index (Phi) is 11.6. The molecule has 2 amide bonds. The average Bonchev–Trinajstić information content (AvgIpc) is 3.44. The highest BCUT2D eigenvalue weighted by atomic mass is 19.1. The average molecular weight is 670 g/mol. The third-order valence-electron chi connectivity index (χ3n) is 8.93. The maximum atomic E-state index is 14.4. The molecule has 0 bridgehead atoms. The number of carboxylic acids is 1. The van der Waals surface area contributed by atoms with Crippen LogP contribution in [-0.2, 0) is 11.3 Å². The smallest absolute Gasteiger partial charge is 0.305 e. The fraction of sp³-hybridized carbons (Fsp3) is 0.359. The van der Waals surface area contributed by atoms with Gasteiger partial charge in [-0.2, -0.15) is 0 Å². The van der Waals surface area contributed by atoms with Gasteiger partial charge in [-0.1, -0.05) is 44.2 Å². The van der Waals surface area contributed by atoms with Gasteiger partial charge in [-0.25, -0.2) is 4.39 Å². The summed E-state index contributed by atoms with van der Waals surface area (Å²) in [5.41, 5.74) is 4.96. The molecule has 9 nitrogen and oxygen atoms in total. The number of hydrogen-bond donors (Lipinski definition) is 4. The quantitative estimate of drug-likeness (QED) is 0.122. The number of aliphatic carboxylic acids is 1. The number of benzene rings is 3. The number of carbonyl (C=O) groups excluding carboxylic acids is 2. The maximum Gasteiger partial charge on any atom is 0.305 e. The molecule has 1 aromatic heterocycles. The molecule has 0 unspecified atom stereocenters. The zero-order chi connectivity index (χ0) is 35.1. The van der Waals surface area contributed by atoms with Crippen molar-refractivity contribution in [2.75, 3.05) is 18.4 Å². The number of carbonyl (C=O) groups is 3. The Morgan fingerprint density at radius 3 is 2.10 bits per heavy atom. The molecule has 0 saturated carbocycles. The second-order valence-corrected chi connectivity index (χ2v) is 13.0. The first kappa shape index (κ1) is 35.5. The summed E-state index contributed by atoms with van der Waals surface area (Å²) in [6.45, 7) is 5.66. The highest BCUT2D eigenvalue weighted by Gasteiger charge is 2.31. The van der Waals surface area contributed by atoms with Crippen molar-refractivity contribution in [1.29, 1.82) is 0 Å². The van der Waals surface area contributed by atoms with E-state index in [2.05, 4.69) is 5.32 Å². The van der Waals surface area contributed by atoms with Gasteiger partial charge in [0.2, 0.25) is 0 Å². The number of aromatic nitrogens is 1. The van der Waals surface area contributed by atoms with Crippen LogP contribution in [-0.4, -0.2) is 67.9 Å². The number of nitrogens with one attached hydrogen (secondary N) is 1. The highest BCUT2D eigenvalue weighted by Crippen LogP contribution is 2.42. The van der Waals surface area contributed by atoms with E-state index < -0.39 is 30.4 Å². The lowest BCUT2D eigenvalue weighted by Gasteiger charge is -2.26. The van der Waals surface area contributed by atoms with Crippen molar-refractivity contribution in [2.45, 2.75) is 77.0 Å². The summed E-state index contributed by atoms with van der Waals surface area (Å²) >= 11 is 0. The van der Waals surface area contributed by atoms with Crippen LogP contribution in [0, 0.1) is 5.82 Å². The van der Waals surface area contributed by atoms with Crippen molar-refractivity contribution >= 4 is 23.5 Å². The molecule has 49 heavy (non-hydrogen) atoms. The third kappa shape index (κ3) is 8.63. The van der Waals surface area contributed by atoms with Gasteiger partial charge in [0.15, 0.2) is 0 Å². The van der Waals surface area contributed by atoms with Gasteiger partial charge in [-0.05, 0) is 97.7 Å². The van der Waals surface area contributed by atoms with Crippen LogP contribution in [0.2, 0.25) is 0 Å². The fourth-order valence-electron chi connectivity index (χ4n) is 6.66. The molecule has 0 aliphatic carbocycles. The Hall–Kier alpha value is -4.80. The van der Waals surface area contributed by atoms with Gasteiger partial charge in [-0.3, -0.25) is 14.4 Å². The predicted octanol–water partition coefficient (Wildman–Crippen LogP) is 6.94. The first-order valence-electron chi connectivity index (χ1n) is 16.9. The fourth-order valence-corrected chi connectivity index (χ4v) is 6.66. The number of carboxylic acid groups (broad SMARTS) is 1. The second kappa shape index (κ2) is 16.1. The normalized spacial score (nSPS) is 14.4. The Morgan fingerprint density at radius 1 is 0.837 bits per heavy atom. The van der Waals surface area contributed by atoms with Gasteiger partial charge < -0.3 is 30.1 Å². The van der Waals surface area contributed by atoms with Crippen LogP contribution in [0.1, 0.15) is 84.7 Å². The molecule has 1 aliphatic heterocycles. The number of anilines is 1. The number of rotatable bonds is 13. The molecule has 2 heterocycles. The Bertz CT molecular complexity index is 1750. The minimum absolute atomic E-state index is 0.0234. The SMILES string of the molecule is CC(C)c1c(C(=O)Nc2ccc(C(=O)N3CCCCC3)cc2)c(-c2ccccc2)c(-c2ccc(F)cc2)n1CC[C@@H](O)C[C@@H](O)CC(=O)O. The van der Waals surface area contributed by atoms with E-state index >= 15 is 0 Å². The van der Waals surface area contributed by atoms with E-state index in [1.54, 1.807) is 36.4 Å². The third-order valence-corrected chi connectivity index (χ3v) is 8.93. The van der Waals surface area contributed by atoms with E-state index in [1.807, 2.05) is 53.6 Å². The molecule has 258 valence electrons. The molecule has 0 spiro atoms. The standard InChI is InChI=1S/C39H44FN3O6/c1-25(2)36-35(38(48)41-30-17-13-28(14-18-30)39(49)42-20-7-4-8-21-42)34(26-9-5-3-6-10-26)37(27-11-15-29(40)16-12-27)43(36)22-19-31(44)23-32(45)24-33(46)47/h3,5-6,9-18,25,31-32,44-45H,4,7-8,19-24H2,1-2H3,(H,41,48)(H,46,47)/t31-,32-/m1/s1. The van der Waals surface area contributed by atoms with Gasteiger partial charge in [0.1, 0.15) is 5.82 Å². The first-order valence-corrected chi connectivity index (χ1v) is 16.9. The molecule has 0 radical (unpaired) electrons. The van der Waals surface area contributed by atoms with Gasteiger partial charge >= 0.3 is 5.97 Å². The lowest BCUT2D eigenvalue weighted by molar-refractivity contribution is -0.139. The predicted molar refractivity (Wildman–Crippen MR) is 187 cm³/mol. The molecule has 5 rings (SSSR count). The topological polar surface area (TPSA) is 132 Å². The molecule has 2 atom stereocenters. The number of likely N-dealkylation sites (tertiary alicyclic amines) is 1. The van der Waals surface area contributed by atoms with Crippen LogP contribution in [0.25, 0.3) is 22.4 Å². The van der Waals surface area contributed by atoms with E-state index in [0.717, 1.165) is 37.9 Å². The zero-order valence-electron chi connectivity index (χ0n) is 27.9. The summed E-state index contributed by atoms with van der Waals surface area (Å²) in [5, 5.41) is 33.1. The summed E-state index contributed by atoms with van der Waals surface area (Å²) < 4.78 is 16.1. The van der Waals surface area contributed by atoms with E-state index in [1.165, 1.54) is 12.1 Å².